The number of fused-ring (bicyclic) bond motifs is 2. The third kappa shape index (κ3) is 4.56. The summed E-state index contributed by atoms with van der Waals surface area (Å²) in [6.07, 6.45) is -1.00. The Hall–Kier alpha value is -3.04. The molecule has 7 nitrogen and oxygen atoms in total. The lowest BCUT2D eigenvalue weighted by atomic mass is 10.0. The summed E-state index contributed by atoms with van der Waals surface area (Å²) in [4.78, 5) is 4.86. The molecule has 2 aliphatic rings. The first-order chi connectivity index (χ1) is 16.0. The highest BCUT2D eigenvalue weighted by Gasteiger charge is 2.29. The van der Waals surface area contributed by atoms with E-state index in [1.807, 2.05) is 13.0 Å². The number of morpholine rings is 1. The van der Waals surface area contributed by atoms with E-state index in [9.17, 15) is 13.9 Å². The molecule has 0 aliphatic carbocycles. The molecule has 33 heavy (non-hydrogen) atoms. The molecule has 3 heterocycles. The molecule has 0 radical (unpaired) electrons. The lowest BCUT2D eigenvalue weighted by Gasteiger charge is -2.44. The molecule has 0 spiro atoms. The SMILES string of the molecule is C[C@@H](Nc1cnnc2ccc(N3CCN4CCOC[C@@H]4C3)cc12)c1cc(O)cc(C(F)F)c1. The third-order valence-corrected chi connectivity index (χ3v) is 6.51. The Morgan fingerprint density at radius 3 is 2.82 bits per heavy atom. The molecule has 1 aromatic heterocycles. The maximum atomic E-state index is 13.2. The Labute approximate surface area is 191 Å². The fourth-order valence-corrected chi connectivity index (χ4v) is 4.69. The van der Waals surface area contributed by atoms with Crippen LogP contribution in [0.2, 0.25) is 0 Å². The van der Waals surface area contributed by atoms with Crippen molar-refractivity contribution in [2.75, 3.05) is 49.6 Å². The molecule has 5 rings (SSSR count). The van der Waals surface area contributed by atoms with Crippen molar-refractivity contribution in [1.82, 2.24) is 15.1 Å². The molecule has 3 aromatic rings. The highest BCUT2D eigenvalue weighted by atomic mass is 19.3. The lowest BCUT2D eigenvalue weighted by molar-refractivity contribution is -0.0116. The fraction of sp³-hybridized carbons (Fsp3) is 0.417. The van der Waals surface area contributed by atoms with Crippen LogP contribution in [-0.4, -0.2) is 65.6 Å². The van der Waals surface area contributed by atoms with Crippen LogP contribution in [0.5, 0.6) is 5.75 Å². The monoisotopic (exact) mass is 455 g/mol. The molecule has 2 N–H and O–H groups in total. The minimum absolute atomic E-state index is 0.178. The number of nitrogens with one attached hydrogen (secondary N) is 1. The number of hydrogen-bond acceptors (Lipinski definition) is 7. The van der Waals surface area contributed by atoms with Crippen LogP contribution in [0.25, 0.3) is 10.9 Å². The molecule has 2 fully saturated rings. The molecular formula is C24H27F2N5O2. The van der Waals surface area contributed by atoms with Crippen LogP contribution in [0, 0.1) is 0 Å². The summed E-state index contributed by atoms with van der Waals surface area (Å²) < 4.78 is 32.0. The number of benzene rings is 2. The average Bonchev–Trinajstić information content (AvgIpc) is 2.83. The highest BCUT2D eigenvalue weighted by Crippen LogP contribution is 2.32. The Morgan fingerprint density at radius 1 is 1.12 bits per heavy atom. The smallest absolute Gasteiger partial charge is 0.263 e. The molecular weight excluding hydrogens is 428 g/mol. The molecule has 0 saturated carbocycles. The number of phenols is 1. The third-order valence-electron chi connectivity index (χ3n) is 6.51. The zero-order valence-corrected chi connectivity index (χ0v) is 18.4. The van der Waals surface area contributed by atoms with Gasteiger partial charge in [0.15, 0.2) is 0 Å². The van der Waals surface area contributed by atoms with Crippen molar-refractivity contribution < 1.29 is 18.6 Å². The van der Waals surface area contributed by atoms with E-state index < -0.39 is 6.43 Å². The largest absolute Gasteiger partial charge is 0.508 e. The Kier molecular flexibility index (Phi) is 5.99. The predicted octanol–water partition coefficient (Wildman–Crippen LogP) is 3.97. The minimum Gasteiger partial charge on any atom is -0.508 e. The van der Waals surface area contributed by atoms with Gasteiger partial charge in [0.05, 0.1) is 36.7 Å². The van der Waals surface area contributed by atoms with Crippen molar-refractivity contribution in [2.45, 2.75) is 25.4 Å². The van der Waals surface area contributed by atoms with Gasteiger partial charge in [-0.3, -0.25) is 4.90 Å². The summed E-state index contributed by atoms with van der Waals surface area (Å²) in [7, 11) is 0. The number of alkyl halides is 2. The first-order valence-corrected chi connectivity index (χ1v) is 11.2. The molecule has 0 unspecified atom stereocenters. The van der Waals surface area contributed by atoms with E-state index in [-0.39, 0.29) is 17.4 Å². The number of piperazine rings is 1. The fourth-order valence-electron chi connectivity index (χ4n) is 4.69. The first kappa shape index (κ1) is 21.8. The summed E-state index contributed by atoms with van der Waals surface area (Å²) in [5.41, 5.74) is 2.98. The van der Waals surface area contributed by atoms with Crippen LogP contribution in [-0.2, 0) is 4.74 Å². The topological polar surface area (TPSA) is 73.8 Å². The minimum atomic E-state index is -2.65. The lowest BCUT2D eigenvalue weighted by Crippen LogP contribution is -2.58. The number of aromatic hydroxyl groups is 1. The van der Waals surface area contributed by atoms with Crippen molar-refractivity contribution in [3.8, 4) is 5.75 Å². The van der Waals surface area contributed by atoms with Gasteiger partial charge in [0, 0.05) is 48.9 Å². The van der Waals surface area contributed by atoms with E-state index in [4.69, 9.17) is 4.74 Å². The Bertz CT molecular complexity index is 1150. The van der Waals surface area contributed by atoms with E-state index in [0.29, 0.717) is 11.6 Å². The zero-order valence-electron chi connectivity index (χ0n) is 18.4. The van der Waals surface area contributed by atoms with Gasteiger partial charge in [0.1, 0.15) is 5.75 Å². The molecule has 0 amide bonds. The van der Waals surface area contributed by atoms with Gasteiger partial charge in [0.25, 0.3) is 6.43 Å². The van der Waals surface area contributed by atoms with Crippen LogP contribution >= 0.6 is 0 Å². The van der Waals surface area contributed by atoms with Gasteiger partial charge in [-0.1, -0.05) is 0 Å². The summed E-state index contributed by atoms with van der Waals surface area (Å²) in [5.74, 6) is -0.178. The normalized spacial score (nSPS) is 20.1. The van der Waals surface area contributed by atoms with E-state index in [0.717, 1.165) is 67.7 Å². The Morgan fingerprint density at radius 2 is 1.97 bits per heavy atom. The van der Waals surface area contributed by atoms with Crippen molar-refractivity contribution in [2.24, 2.45) is 0 Å². The molecule has 9 heteroatoms. The number of aromatic nitrogens is 2. The van der Waals surface area contributed by atoms with E-state index in [1.165, 1.54) is 12.1 Å². The second kappa shape index (κ2) is 9.07. The van der Waals surface area contributed by atoms with Gasteiger partial charge in [-0.15, -0.1) is 0 Å². The van der Waals surface area contributed by atoms with E-state index >= 15 is 0 Å². The van der Waals surface area contributed by atoms with E-state index in [1.54, 1.807) is 6.20 Å². The Balaban J connectivity index is 1.41. The molecule has 0 bridgehead atoms. The van der Waals surface area contributed by atoms with Gasteiger partial charge in [-0.2, -0.15) is 10.2 Å². The number of nitrogens with zero attached hydrogens (tertiary/aromatic N) is 4. The summed E-state index contributed by atoms with van der Waals surface area (Å²) in [6, 6.07) is 10.2. The number of hydrogen-bond donors (Lipinski definition) is 2. The van der Waals surface area contributed by atoms with Gasteiger partial charge < -0.3 is 20.1 Å². The van der Waals surface area contributed by atoms with Gasteiger partial charge >= 0.3 is 0 Å². The van der Waals surface area contributed by atoms with Crippen molar-refractivity contribution in [1.29, 1.82) is 0 Å². The second-order valence-corrected chi connectivity index (χ2v) is 8.70. The van der Waals surface area contributed by atoms with Gasteiger partial charge in [-0.05, 0) is 48.9 Å². The number of rotatable bonds is 5. The average molecular weight is 456 g/mol. The number of phenolic OH excluding ortho intramolecular Hbond substituents is 1. The van der Waals surface area contributed by atoms with Crippen LogP contribution in [0.1, 0.15) is 30.5 Å². The summed E-state index contributed by atoms with van der Waals surface area (Å²) in [5, 5.41) is 22.5. The maximum absolute atomic E-state index is 13.2. The molecule has 2 aliphatic heterocycles. The van der Waals surface area contributed by atoms with Crippen molar-refractivity contribution >= 4 is 22.3 Å². The zero-order chi connectivity index (χ0) is 22.9. The second-order valence-electron chi connectivity index (χ2n) is 8.70. The number of anilines is 2. The van der Waals surface area contributed by atoms with E-state index in [2.05, 4.69) is 37.4 Å². The summed E-state index contributed by atoms with van der Waals surface area (Å²) >= 11 is 0. The first-order valence-electron chi connectivity index (χ1n) is 11.2. The molecule has 2 atom stereocenters. The van der Waals surface area contributed by atoms with Crippen LogP contribution < -0.4 is 10.2 Å². The highest BCUT2D eigenvalue weighted by molar-refractivity contribution is 5.93. The van der Waals surface area contributed by atoms with Crippen LogP contribution in [0.4, 0.5) is 20.2 Å². The standard InChI is InChI=1S/C24H27F2N5O2/c1-15(16-8-17(24(25)26)10-20(32)9-16)28-23-12-27-29-22-3-2-18(11-21(22)23)31-5-4-30-6-7-33-14-19(30)13-31/h2-3,8-12,15,19,24,32H,4-7,13-14H2,1H3,(H,28,29)/t15-,19+/m1/s1. The molecule has 2 saturated heterocycles. The van der Waals surface area contributed by atoms with Gasteiger partial charge in [-0.25, -0.2) is 8.78 Å². The quantitative estimate of drug-likeness (QED) is 0.603. The van der Waals surface area contributed by atoms with Gasteiger partial charge in [0.2, 0.25) is 0 Å². The van der Waals surface area contributed by atoms with Crippen LogP contribution in [0.3, 0.4) is 0 Å². The van der Waals surface area contributed by atoms with Crippen molar-refractivity contribution in [3.05, 3.63) is 53.7 Å². The van der Waals surface area contributed by atoms with Crippen molar-refractivity contribution in [3.63, 3.8) is 0 Å². The number of halogens is 2. The maximum Gasteiger partial charge on any atom is 0.263 e. The number of ether oxygens (including phenoxy) is 1. The predicted molar refractivity (Wildman–Crippen MR) is 123 cm³/mol. The molecule has 2 aromatic carbocycles. The van der Waals surface area contributed by atoms with Crippen LogP contribution in [0.15, 0.2) is 42.6 Å². The summed E-state index contributed by atoms with van der Waals surface area (Å²) in [6.45, 7) is 7.26. The molecule has 174 valence electrons.